The third-order valence-electron chi connectivity index (χ3n) is 6.91. The van der Waals surface area contributed by atoms with E-state index in [1.165, 1.54) is 11.0 Å². The van der Waals surface area contributed by atoms with Gasteiger partial charge >= 0.3 is 11.9 Å². The van der Waals surface area contributed by atoms with Crippen LogP contribution in [0.2, 0.25) is 0 Å². The minimum Gasteiger partial charge on any atom is -0.381 e. The molecule has 1 aromatic rings. The molecule has 1 saturated heterocycles. The number of ether oxygens (including phenoxy) is 1. The van der Waals surface area contributed by atoms with Gasteiger partial charge in [-0.3, -0.25) is 4.68 Å². The third-order valence-corrected chi connectivity index (χ3v) is 8.69. The van der Waals surface area contributed by atoms with Crippen molar-refractivity contribution < 1.29 is 27.3 Å². The Morgan fingerprint density at radius 1 is 1.26 bits per heavy atom. The molecule has 0 bridgehead atoms. The van der Waals surface area contributed by atoms with Crippen molar-refractivity contribution in [2.45, 2.75) is 49.9 Å². The van der Waals surface area contributed by atoms with E-state index < -0.39 is 32.8 Å². The number of amides is 3. The SMILES string of the molecule is Cn1cc(CN2C(=O)C3=CC(S(=O)(=O)NC4(C)CC4)C=CC3=[N+](CC3CCOCC3)C2=O)cn1. The van der Waals surface area contributed by atoms with E-state index >= 15 is 0 Å². The number of hydrogen-bond donors (Lipinski definition) is 1. The monoisotopic (exact) mass is 488 g/mol. The first-order chi connectivity index (χ1) is 16.2. The van der Waals surface area contributed by atoms with Crippen molar-refractivity contribution in [3.8, 4) is 0 Å². The summed E-state index contributed by atoms with van der Waals surface area (Å²) in [6, 6.07) is -0.401. The Balaban J connectivity index is 1.50. The smallest absolute Gasteiger partial charge is 0.381 e. The highest BCUT2D eigenvalue weighted by Crippen LogP contribution is 2.36. The van der Waals surface area contributed by atoms with E-state index in [2.05, 4.69) is 9.82 Å². The first-order valence-corrected chi connectivity index (χ1v) is 13.2. The zero-order valence-corrected chi connectivity index (χ0v) is 20.3. The van der Waals surface area contributed by atoms with Gasteiger partial charge in [-0.1, -0.05) is 6.08 Å². The van der Waals surface area contributed by atoms with E-state index in [1.807, 2.05) is 6.92 Å². The van der Waals surface area contributed by atoms with Crippen molar-refractivity contribution in [3.05, 3.63) is 41.8 Å². The Morgan fingerprint density at radius 3 is 2.65 bits per heavy atom. The highest BCUT2D eigenvalue weighted by atomic mass is 32.2. The summed E-state index contributed by atoms with van der Waals surface area (Å²) < 4.78 is 37.5. The van der Waals surface area contributed by atoms with Gasteiger partial charge in [0.15, 0.2) is 0 Å². The predicted octanol–water partition coefficient (Wildman–Crippen LogP) is 1.10. The maximum atomic E-state index is 13.5. The van der Waals surface area contributed by atoms with Gasteiger partial charge in [0, 0.05) is 43.5 Å². The lowest BCUT2D eigenvalue weighted by atomic mass is 9.96. The van der Waals surface area contributed by atoms with Gasteiger partial charge in [-0.2, -0.15) is 19.4 Å². The number of hydrogen-bond acceptors (Lipinski definition) is 6. The van der Waals surface area contributed by atoms with Crippen molar-refractivity contribution in [3.63, 3.8) is 0 Å². The number of fused-ring (bicyclic) bond motifs is 1. The minimum absolute atomic E-state index is 0.0673. The van der Waals surface area contributed by atoms with Crippen LogP contribution in [0.25, 0.3) is 0 Å². The number of aryl methyl sites for hydroxylation is 1. The molecule has 1 unspecified atom stereocenters. The molecule has 34 heavy (non-hydrogen) atoms. The zero-order chi connectivity index (χ0) is 24.1. The standard InChI is InChI=1S/C23H30N5O5S/c1-23(7-8-23)25-34(31,32)18-3-4-20-19(11-18)21(29)28(15-17-12-24-26(2)13-17)22(30)27(20)14-16-5-9-33-10-6-16/h3-4,11-13,16,18,25H,5-10,14-15H2,1-2H3/q+1. The number of nitrogens with one attached hydrogen (secondary N) is 1. The number of sulfonamides is 1. The molecule has 0 spiro atoms. The number of urea groups is 1. The van der Waals surface area contributed by atoms with Crippen molar-refractivity contribution in [1.82, 2.24) is 19.4 Å². The molecule has 4 aliphatic rings. The summed E-state index contributed by atoms with van der Waals surface area (Å²) in [5.74, 6) is -0.250. The van der Waals surface area contributed by atoms with E-state index in [0.29, 0.717) is 25.5 Å². The number of nitrogens with zero attached hydrogens (tertiary/aromatic N) is 4. The van der Waals surface area contributed by atoms with E-state index in [4.69, 9.17) is 4.74 Å². The molecular weight excluding hydrogens is 458 g/mol. The van der Waals surface area contributed by atoms with Crippen LogP contribution in [-0.2, 0) is 33.1 Å². The van der Waals surface area contributed by atoms with Crippen molar-refractivity contribution in [1.29, 1.82) is 0 Å². The Bertz CT molecular complexity index is 1220. The summed E-state index contributed by atoms with van der Waals surface area (Å²) in [5.41, 5.74) is 1.02. The molecule has 1 saturated carbocycles. The molecule has 1 N–H and O–H groups in total. The lowest BCUT2D eigenvalue weighted by molar-refractivity contribution is -0.447. The molecule has 0 aromatic carbocycles. The summed E-state index contributed by atoms with van der Waals surface area (Å²) in [7, 11) is -1.95. The first-order valence-electron chi connectivity index (χ1n) is 11.6. The lowest BCUT2D eigenvalue weighted by Gasteiger charge is -2.28. The Hall–Kier alpha value is -2.63. The molecule has 2 aliphatic heterocycles. The molecule has 2 fully saturated rings. The van der Waals surface area contributed by atoms with Crippen LogP contribution >= 0.6 is 0 Å². The topological polar surface area (TPSA) is 114 Å². The molecule has 3 amide bonds. The van der Waals surface area contributed by atoms with Gasteiger partial charge in [0.2, 0.25) is 10.0 Å². The second-order valence-corrected chi connectivity index (χ2v) is 11.7. The number of allylic oxidation sites excluding steroid dienone is 1. The summed E-state index contributed by atoms with van der Waals surface area (Å²) >= 11 is 0. The van der Waals surface area contributed by atoms with Crippen LogP contribution in [-0.4, -0.2) is 75.9 Å². The van der Waals surface area contributed by atoms with Crippen LogP contribution in [0, 0.1) is 5.92 Å². The van der Waals surface area contributed by atoms with Crippen LogP contribution in [0.1, 0.15) is 38.2 Å². The molecule has 1 atom stereocenters. The fraction of sp³-hybridized carbons (Fsp3) is 0.565. The maximum absolute atomic E-state index is 13.5. The van der Waals surface area contributed by atoms with Crippen LogP contribution < -0.4 is 4.72 Å². The lowest BCUT2D eigenvalue weighted by Crippen LogP contribution is -2.53. The van der Waals surface area contributed by atoms with Gasteiger partial charge in [-0.25, -0.2) is 17.9 Å². The molecule has 2 aliphatic carbocycles. The molecule has 10 nitrogen and oxygen atoms in total. The van der Waals surface area contributed by atoms with Crippen LogP contribution in [0.15, 0.2) is 36.2 Å². The average molecular weight is 489 g/mol. The highest BCUT2D eigenvalue weighted by Gasteiger charge is 2.48. The number of rotatable bonds is 7. The largest absolute Gasteiger partial charge is 0.501 e. The van der Waals surface area contributed by atoms with E-state index in [1.54, 1.807) is 40.9 Å². The molecule has 3 heterocycles. The van der Waals surface area contributed by atoms with Crippen LogP contribution in [0.3, 0.4) is 0 Å². The number of carbonyl (C=O) groups is 2. The number of carbonyl (C=O) groups excluding carboxylic acids is 2. The third kappa shape index (κ3) is 4.51. The van der Waals surface area contributed by atoms with E-state index in [9.17, 15) is 18.0 Å². The van der Waals surface area contributed by atoms with Gasteiger partial charge in [-0.15, -0.1) is 0 Å². The Labute approximate surface area is 199 Å². The Kier molecular flexibility index (Phi) is 5.81. The fourth-order valence-electron chi connectivity index (χ4n) is 4.61. The summed E-state index contributed by atoms with van der Waals surface area (Å²) in [4.78, 5) is 28.2. The average Bonchev–Trinajstić information content (AvgIpc) is 3.37. The first kappa shape index (κ1) is 23.1. The maximum Gasteiger partial charge on any atom is 0.501 e. The molecule has 1 aromatic heterocycles. The highest BCUT2D eigenvalue weighted by molar-refractivity contribution is 7.90. The van der Waals surface area contributed by atoms with Crippen molar-refractivity contribution in [2.24, 2.45) is 13.0 Å². The fourth-order valence-corrected chi connectivity index (χ4v) is 6.24. The van der Waals surface area contributed by atoms with Gasteiger partial charge in [0.25, 0.3) is 0 Å². The molecule has 182 valence electrons. The summed E-state index contributed by atoms with van der Waals surface area (Å²) in [5, 5.41) is 3.15. The molecule has 11 heteroatoms. The van der Waals surface area contributed by atoms with Crippen molar-refractivity contribution in [2.75, 3.05) is 19.8 Å². The minimum atomic E-state index is -3.71. The summed E-state index contributed by atoms with van der Waals surface area (Å²) in [6.45, 7) is 3.67. The number of aromatic nitrogens is 2. The quantitative estimate of drug-likeness (QED) is 0.575. The Morgan fingerprint density at radius 2 is 2.00 bits per heavy atom. The van der Waals surface area contributed by atoms with Gasteiger partial charge < -0.3 is 4.74 Å². The second kappa shape index (κ2) is 8.54. The summed E-state index contributed by atoms with van der Waals surface area (Å²) in [6.07, 6.45) is 11.3. The van der Waals surface area contributed by atoms with E-state index in [0.717, 1.165) is 31.2 Å². The number of imide groups is 1. The molecule has 0 radical (unpaired) electrons. The molecule has 5 rings (SSSR count). The predicted molar refractivity (Wildman–Crippen MR) is 124 cm³/mol. The van der Waals surface area contributed by atoms with Gasteiger partial charge in [0.1, 0.15) is 23.1 Å². The van der Waals surface area contributed by atoms with E-state index in [-0.39, 0.29) is 18.0 Å². The second-order valence-electron chi connectivity index (χ2n) is 9.86. The van der Waals surface area contributed by atoms with Crippen LogP contribution in [0.4, 0.5) is 4.79 Å². The molecular formula is C23H30N5O5S+. The van der Waals surface area contributed by atoms with Crippen LogP contribution in [0.5, 0.6) is 0 Å². The van der Waals surface area contributed by atoms with Gasteiger partial charge in [-0.05, 0) is 44.8 Å². The zero-order valence-electron chi connectivity index (χ0n) is 19.4. The van der Waals surface area contributed by atoms with Gasteiger partial charge in [0.05, 0.1) is 12.7 Å². The normalized spacial score (nSPS) is 24.9. The van der Waals surface area contributed by atoms with Crippen molar-refractivity contribution >= 4 is 27.7 Å².